The van der Waals surface area contributed by atoms with E-state index in [1.807, 2.05) is 12.1 Å². The van der Waals surface area contributed by atoms with Gasteiger partial charge in [0.2, 0.25) is 0 Å². The van der Waals surface area contributed by atoms with Gasteiger partial charge >= 0.3 is 11.8 Å². The summed E-state index contributed by atoms with van der Waals surface area (Å²) in [6, 6.07) is 8.82. The minimum absolute atomic E-state index is 0.252. The van der Waals surface area contributed by atoms with Crippen molar-refractivity contribution in [2.45, 2.75) is 38.1 Å². The summed E-state index contributed by atoms with van der Waals surface area (Å²) in [5.74, 6) is -1.27. The molecule has 1 aromatic carbocycles. The Morgan fingerprint density at radius 1 is 1.25 bits per heavy atom. The molecule has 0 atom stereocenters. The van der Waals surface area contributed by atoms with E-state index in [0.717, 1.165) is 24.8 Å². The number of anilines is 1. The molecule has 2 aromatic rings. The van der Waals surface area contributed by atoms with E-state index in [-0.39, 0.29) is 5.82 Å². The summed E-state index contributed by atoms with van der Waals surface area (Å²) in [6.07, 6.45) is 4.36. The van der Waals surface area contributed by atoms with Crippen LogP contribution in [0.15, 0.2) is 30.5 Å². The second kappa shape index (κ2) is 8.17. The number of rotatable bonds is 4. The van der Waals surface area contributed by atoms with E-state index >= 15 is 0 Å². The van der Waals surface area contributed by atoms with Crippen LogP contribution in [0.5, 0.6) is 0 Å². The summed E-state index contributed by atoms with van der Waals surface area (Å²) in [6.45, 7) is 1.71. The van der Waals surface area contributed by atoms with Gasteiger partial charge in [0.05, 0.1) is 5.56 Å². The lowest BCUT2D eigenvalue weighted by Crippen LogP contribution is -2.57. The fourth-order valence-corrected chi connectivity index (χ4v) is 3.68. The number of pyridine rings is 1. The van der Waals surface area contributed by atoms with E-state index < -0.39 is 17.4 Å². The fourth-order valence-electron chi connectivity index (χ4n) is 3.21. The van der Waals surface area contributed by atoms with Gasteiger partial charge < -0.3 is 10.6 Å². The number of nitriles is 1. The van der Waals surface area contributed by atoms with Crippen molar-refractivity contribution < 1.29 is 9.59 Å². The van der Waals surface area contributed by atoms with Gasteiger partial charge in [0.25, 0.3) is 0 Å². The molecule has 0 spiro atoms. The summed E-state index contributed by atoms with van der Waals surface area (Å²) in [7, 11) is 0. The zero-order chi connectivity index (χ0) is 20.3. The molecule has 2 N–H and O–H groups in total. The number of hydrogen-bond acceptors (Lipinski definition) is 4. The number of benzene rings is 1. The summed E-state index contributed by atoms with van der Waals surface area (Å²) in [5.41, 5.74) is 1.36. The molecule has 0 radical (unpaired) electrons. The molecule has 144 valence electrons. The monoisotopic (exact) mass is 416 g/mol. The van der Waals surface area contributed by atoms with Crippen LogP contribution in [-0.4, -0.2) is 22.3 Å². The van der Waals surface area contributed by atoms with Gasteiger partial charge in [-0.1, -0.05) is 29.3 Å². The third-order valence-electron chi connectivity index (χ3n) is 4.88. The molecule has 1 aromatic heterocycles. The maximum atomic E-state index is 12.5. The number of aryl methyl sites for hydroxylation is 1. The van der Waals surface area contributed by atoms with Crippen molar-refractivity contribution in [2.24, 2.45) is 0 Å². The highest BCUT2D eigenvalue weighted by Gasteiger charge is 2.40. The molecule has 6 nitrogen and oxygen atoms in total. The second-order valence-electron chi connectivity index (χ2n) is 6.96. The minimum Gasteiger partial charge on any atom is -0.342 e. The largest absolute Gasteiger partial charge is 0.342 e. The number of carbonyl (C=O) groups is 2. The molecule has 1 fully saturated rings. The Labute approximate surface area is 172 Å². The molecule has 8 heteroatoms. The highest BCUT2D eigenvalue weighted by atomic mass is 35.5. The molecule has 1 aliphatic carbocycles. The van der Waals surface area contributed by atoms with Gasteiger partial charge in [0.1, 0.15) is 11.9 Å². The van der Waals surface area contributed by atoms with Gasteiger partial charge in [-0.25, -0.2) is 4.98 Å². The fraction of sp³-hybridized carbons (Fsp3) is 0.300. The Morgan fingerprint density at radius 2 is 2.00 bits per heavy atom. The van der Waals surface area contributed by atoms with Crippen LogP contribution in [0.25, 0.3) is 0 Å². The molecule has 2 amide bonds. The van der Waals surface area contributed by atoms with Crippen molar-refractivity contribution >= 4 is 40.8 Å². The van der Waals surface area contributed by atoms with Crippen molar-refractivity contribution in [3.8, 4) is 6.07 Å². The first kappa shape index (κ1) is 20.1. The van der Waals surface area contributed by atoms with Crippen molar-refractivity contribution in [2.75, 3.05) is 5.32 Å². The van der Waals surface area contributed by atoms with Crippen LogP contribution >= 0.6 is 23.2 Å². The topological polar surface area (TPSA) is 94.9 Å². The third-order valence-corrected chi connectivity index (χ3v) is 5.47. The predicted molar refractivity (Wildman–Crippen MR) is 107 cm³/mol. The number of nitrogens with one attached hydrogen (secondary N) is 2. The van der Waals surface area contributed by atoms with E-state index in [2.05, 4.69) is 15.6 Å². The first-order chi connectivity index (χ1) is 13.3. The van der Waals surface area contributed by atoms with E-state index in [1.165, 1.54) is 6.20 Å². The summed E-state index contributed by atoms with van der Waals surface area (Å²) in [4.78, 5) is 28.8. The second-order valence-corrected chi connectivity index (χ2v) is 7.80. The zero-order valence-electron chi connectivity index (χ0n) is 15.2. The number of amides is 2. The van der Waals surface area contributed by atoms with Crippen molar-refractivity contribution in [1.82, 2.24) is 10.3 Å². The van der Waals surface area contributed by atoms with Crippen LogP contribution in [0.4, 0.5) is 5.82 Å². The van der Waals surface area contributed by atoms with Crippen LogP contribution in [-0.2, 0) is 16.0 Å². The SMILES string of the molecule is Cc1cc(C#N)cnc1NC(=O)C(=O)NC1(Cc2ccc(Cl)cc2Cl)CCC1. The Hall–Kier alpha value is -2.62. The van der Waals surface area contributed by atoms with Crippen LogP contribution in [0.3, 0.4) is 0 Å². The van der Waals surface area contributed by atoms with Gasteiger partial charge in [-0.2, -0.15) is 5.26 Å². The number of aromatic nitrogens is 1. The van der Waals surface area contributed by atoms with Gasteiger partial charge in [0.15, 0.2) is 0 Å². The van der Waals surface area contributed by atoms with Gasteiger partial charge in [0, 0.05) is 21.8 Å². The van der Waals surface area contributed by atoms with E-state index in [9.17, 15) is 9.59 Å². The average molecular weight is 417 g/mol. The molecule has 0 bridgehead atoms. The minimum atomic E-state index is -0.797. The van der Waals surface area contributed by atoms with Crippen molar-refractivity contribution in [1.29, 1.82) is 5.26 Å². The lowest BCUT2D eigenvalue weighted by Gasteiger charge is -2.42. The molecular formula is C20H18Cl2N4O2. The maximum absolute atomic E-state index is 12.5. The highest BCUT2D eigenvalue weighted by Crippen LogP contribution is 2.37. The Morgan fingerprint density at radius 3 is 2.57 bits per heavy atom. The summed E-state index contributed by atoms with van der Waals surface area (Å²) in [5, 5.41) is 15.3. The number of halogens is 2. The summed E-state index contributed by atoms with van der Waals surface area (Å²) >= 11 is 12.2. The number of hydrogen-bond donors (Lipinski definition) is 2. The summed E-state index contributed by atoms with van der Waals surface area (Å²) < 4.78 is 0. The predicted octanol–water partition coefficient (Wildman–Crippen LogP) is 3.79. The molecule has 3 rings (SSSR count). The van der Waals surface area contributed by atoms with E-state index in [1.54, 1.807) is 25.1 Å². The molecule has 0 unspecified atom stereocenters. The molecule has 0 saturated heterocycles. The molecule has 28 heavy (non-hydrogen) atoms. The molecular weight excluding hydrogens is 399 g/mol. The quantitative estimate of drug-likeness (QED) is 0.740. The molecule has 1 heterocycles. The average Bonchev–Trinajstić information content (AvgIpc) is 2.63. The van der Waals surface area contributed by atoms with Gasteiger partial charge in [-0.05, 0) is 61.9 Å². The highest BCUT2D eigenvalue weighted by molar-refractivity contribution is 6.39. The maximum Gasteiger partial charge on any atom is 0.314 e. The standard InChI is InChI=1S/C20H18Cl2N4O2/c1-12-7-13(10-23)11-24-17(12)25-18(27)19(28)26-20(5-2-6-20)9-14-3-4-15(21)8-16(14)22/h3-4,7-8,11H,2,5-6,9H2,1H3,(H,26,28)(H,24,25,27). The molecule has 1 aliphatic rings. The Bertz CT molecular complexity index is 981. The van der Waals surface area contributed by atoms with E-state index in [4.69, 9.17) is 28.5 Å². The van der Waals surface area contributed by atoms with Crippen LogP contribution in [0.1, 0.15) is 36.0 Å². The molecule has 1 saturated carbocycles. The number of nitrogens with zero attached hydrogens (tertiary/aromatic N) is 2. The molecule has 0 aliphatic heterocycles. The lowest BCUT2D eigenvalue weighted by molar-refractivity contribution is -0.138. The first-order valence-corrected chi connectivity index (χ1v) is 9.52. The van der Waals surface area contributed by atoms with Crippen molar-refractivity contribution in [3.63, 3.8) is 0 Å². The third kappa shape index (κ3) is 4.44. The lowest BCUT2D eigenvalue weighted by atomic mass is 9.72. The Balaban J connectivity index is 1.68. The van der Waals surface area contributed by atoms with Crippen molar-refractivity contribution in [3.05, 3.63) is 57.2 Å². The van der Waals surface area contributed by atoms with Gasteiger partial charge in [-0.3, -0.25) is 9.59 Å². The van der Waals surface area contributed by atoms with E-state index in [0.29, 0.717) is 27.6 Å². The van der Waals surface area contributed by atoms with Crippen LogP contribution in [0.2, 0.25) is 10.0 Å². The zero-order valence-corrected chi connectivity index (χ0v) is 16.7. The smallest absolute Gasteiger partial charge is 0.314 e. The first-order valence-electron chi connectivity index (χ1n) is 8.76. The van der Waals surface area contributed by atoms with Crippen LogP contribution < -0.4 is 10.6 Å². The van der Waals surface area contributed by atoms with Crippen LogP contribution in [0, 0.1) is 18.3 Å². The normalized spacial score (nSPS) is 14.5. The van der Waals surface area contributed by atoms with Gasteiger partial charge in [-0.15, -0.1) is 0 Å². The Kier molecular flexibility index (Phi) is 5.87. The number of carbonyl (C=O) groups excluding carboxylic acids is 2.